The molecule has 2 amide bonds. The molecule has 0 saturated carbocycles. The second-order valence-electron chi connectivity index (χ2n) is 7.66. The maximum atomic E-state index is 12.6. The topological polar surface area (TPSA) is 78.9 Å². The summed E-state index contributed by atoms with van der Waals surface area (Å²) in [5.74, 6) is 0.444. The van der Waals surface area contributed by atoms with Gasteiger partial charge in [0.1, 0.15) is 5.75 Å². The predicted molar refractivity (Wildman–Crippen MR) is 103 cm³/mol. The molecule has 0 bridgehead atoms. The van der Waals surface area contributed by atoms with Crippen molar-refractivity contribution >= 4 is 11.8 Å². The molecule has 6 nitrogen and oxygen atoms in total. The third-order valence-corrected chi connectivity index (χ3v) is 5.95. The van der Waals surface area contributed by atoms with Crippen molar-refractivity contribution in [3.63, 3.8) is 0 Å². The minimum Gasteiger partial charge on any atom is -0.497 e. The van der Waals surface area contributed by atoms with Crippen molar-refractivity contribution in [1.29, 1.82) is 0 Å². The van der Waals surface area contributed by atoms with Crippen LogP contribution in [0.5, 0.6) is 5.75 Å². The van der Waals surface area contributed by atoms with Crippen LogP contribution >= 0.6 is 0 Å². The Labute approximate surface area is 164 Å². The number of carbonyl (C=O) groups is 2. The molecule has 1 atom stereocenters. The summed E-state index contributed by atoms with van der Waals surface area (Å²) >= 11 is 0. The van der Waals surface area contributed by atoms with Gasteiger partial charge >= 0.3 is 0 Å². The van der Waals surface area contributed by atoms with Crippen molar-refractivity contribution in [3.8, 4) is 5.75 Å². The number of nitrogens with zero attached hydrogens (tertiary/aromatic N) is 1. The minimum absolute atomic E-state index is 0.100. The van der Waals surface area contributed by atoms with Crippen molar-refractivity contribution in [2.45, 2.75) is 32.2 Å². The van der Waals surface area contributed by atoms with Crippen LogP contribution in [0.15, 0.2) is 42.5 Å². The van der Waals surface area contributed by atoms with Gasteiger partial charge in [0.2, 0.25) is 5.91 Å². The number of carbonyl (C=O) groups excluding carboxylic acids is 2. The number of rotatable bonds is 4. The average molecular weight is 380 g/mol. The van der Waals surface area contributed by atoms with Crippen molar-refractivity contribution in [2.75, 3.05) is 13.7 Å². The molecular formula is C22H24N2O4. The fraction of sp³-hybridized carbons (Fsp3) is 0.364. The van der Waals surface area contributed by atoms with Gasteiger partial charge in [-0.25, -0.2) is 5.06 Å². The third kappa shape index (κ3) is 3.36. The van der Waals surface area contributed by atoms with E-state index in [-0.39, 0.29) is 17.9 Å². The Morgan fingerprint density at radius 2 is 1.96 bits per heavy atom. The molecule has 28 heavy (non-hydrogen) atoms. The summed E-state index contributed by atoms with van der Waals surface area (Å²) in [5.41, 5.74) is 3.20. The molecule has 0 aromatic heterocycles. The van der Waals surface area contributed by atoms with Crippen molar-refractivity contribution in [3.05, 3.63) is 64.7 Å². The van der Waals surface area contributed by atoms with E-state index in [0.717, 1.165) is 59.7 Å². The number of amides is 2. The lowest BCUT2D eigenvalue weighted by molar-refractivity contribution is -0.128. The highest BCUT2D eigenvalue weighted by Gasteiger charge is 2.44. The van der Waals surface area contributed by atoms with Crippen LogP contribution in [-0.2, 0) is 24.2 Å². The van der Waals surface area contributed by atoms with E-state index in [1.165, 1.54) is 0 Å². The first kappa shape index (κ1) is 18.5. The summed E-state index contributed by atoms with van der Waals surface area (Å²) in [7, 11) is 1.59. The van der Waals surface area contributed by atoms with Gasteiger partial charge in [0.25, 0.3) is 5.91 Å². The van der Waals surface area contributed by atoms with E-state index in [4.69, 9.17) is 4.74 Å². The Balaban J connectivity index is 1.47. The molecule has 2 N–H and O–H groups in total. The van der Waals surface area contributed by atoms with Gasteiger partial charge in [0.05, 0.1) is 19.1 Å². The highest BCUT2D eigenvalue weighted by Crippen LogP contribution is 2.41. The Kier molecular flexibility index (Phi) is 4.81. The molecular weight excluding hydrogens is 356 g/mol. The van der Waals surface area contributed by atoms with Gasteiger partial charge < -0.3 is 10.1 Å². The first-order chi connectivity index (χ1) is 13.5. The number of hydrogen-bond donors (Lipinski definition) is 2. The fourth-order valence-electron chi connectivity index (χ4n) is 4.24. The van der Waals surface area contributed by atoms with E-state index in [2.05, 4.69) is 5.32 Å². The first-order valence-corrected chi connectivity index (χ1v) is 9.54. The number of hydrogen-bond acceptors (Lipinski definition) is 4. The second kappa shape index (κ2) is 7.28. The van der Waals surface area contributed by atoms with Gasteiger partial charge in [0, 0.05) is 12.1 Å². The monoisotopic (exact) mass is 380 g/mol. The molecule has 0 unspecified atom stereocenters. The van der Waals surface area contributed by atoms with E-state index in [1.807, 2.05) is 24.3 Å². The molecule has 0 radical (unpaired) electrons. The predicted octanol–water partition coefficient (Wildman–Crippen LogP) is 2.72. The minimum atomic E-state index is -0.433. The zero-order valence-corrected chi connectivity index (χ0v) is 15.9. The normalized spacial score (nSPS) is 20.6. The Hall–Kier alpha value is -2.86. The second-order valence-corrected chi connectivity index (χ2v) is 7.66. The molecule has 1 saturated heterocycles. The van der Waals surface area contributed by atoms with Gasteiger partial charge in [-0.15, -0.1) is 0 Å². The summed E-state index contributed by atoms with van der Waals surface area (Å²) in [6, 6.07) is 12.7. The first-order valence-electron chi connectivity index (χ1n) is 9.54. The molecule has 4 rings (SSSR count). The lowest BCUT2D eigenvalue weighted by atomic mass is 9.70. The lowest BCUT2D eigenvalue weighted by Crippen LogP contribution is -2.36. The summed E-state index contributed by atoms with van der Waals surface area (Å²) in [4.78, 5) is 24.9. The van der Waals surface area contributed by atoms with Crippen LogP contribution in [0, 0.1) is 5.41 Å². The van der Waals surface area contributed by atoms with Gasteiger partial charge in [-0.1, -0.05) is 18.2 Å². The molecule has 1 heterocycles. The summed E-state index contributed by atoms with van der Waals surface area (Å²) < 4.78 is 5.12. The van der Waals surface area contributed by atoms with Crippen molar-refractivity contribution in [1.82, 2.24) is 10.4 Å². The average Bonchev–Trinajstić information content (AvgIpc) is 3.07. The van der Waals surface area contributed by atoms with Crippen molar-refractivity contribution < 1.29 is 19.5 Å². The largest absolute Gasteiger partial charge is 0.497 e. The maximum absolute atomic E-state index is 12.6. The Morgan fingerprint density at radius 1 is 1.18 bits per heavy atom. The molecule has 2 aliphatic rings. The highest BCUT2D eigenvalue weighted by atomic mass is 16.5. The standard InChI is InChI=1S/C22H24N2O4/c1-28-19-6-2-15(3-7-19)14-24(27)20(25)17-4-5-18-13-22(9-8-16(18)12-17)10-11-23-21(22)26/h2-7,12,27H,8-11,13-14H2,1H3,(H,23,26)/t22-/m0/s1. The van der Waals surface area contributed by atoms with Crippen LogP contribution in [0.1, 0.15) is 39.9 Å². The molecule has 1 fully saturated rings. The van der Waals surface area contributed by atoms with Crippen LogP contribution in [0.3, 0.4) is 0 Å². The third-order valence-electron chi connectivity index (χ3n) is 5.95. The number of fused-ring (bicyclic) bond motifs is 1. The number of ether oxygens (including phenoxy) is 1. The Bertz CT molecular complexity index is 909. The number of nitrogens with one attached hydrogen (secondary N) is 1. The van der Waals surface area contributed by atoms with E-state index in [9.17, 15) is 14.8 Å². The molecule has 6 heteroatoms. The van der Waals surface area contributed by atoms with E-state index in [0.29, 0.717) is 5.56 Å². The smallest absolute Gasteiger partial charge is 0.277 e. The van der Waals surface area contributed by atoms with Gasteiger partial charge in [-0.3, -0.25) is 14.8 Å². The summed E-state index contributed by atoms with van der Waals surface area (Å²) in [6.45, 7) is 0.846. The van der Waals surface area contributed by atoms with Crippen LogP contribution in [0.25, 0.3) is 0 Å². The summed E-state index contributed by atoms with van der Waals surface area (Å²) in [6.07, 6.45) is 3.17. The van der Waals surface area contributed by atoms with Gasteiger partial charge in [-0.05, 0) is 66.6 Å². The SMILES string of the molecule is COc1ccc(CN(O)C(=O)c2ccc3c(c2)CC[C@]2(CCNC2=O)C3)cc1. The molecule has 1 spiro atoms. The van der Waals surface area contributed by atoms with E-state index in [1.54, 1.807) is 25.3 Å². The maximum Gasteiger partial charge on any atom is 0.277 e. The zero-order chi connectivity index (χ0) is 19.7. The lowest BCUT2D eigenvalue weighted by Gasteiger charge is -2.32. The zero-order valence-electron chi connectivity index (χ0n) is 15.9. The van der Waals surface area contributed by atoms with Crippen LogP contribution < -0.4 is 10.1 Å². The molecule has 2 aromatic rings. The number of hydroxylamine groups is 2. The quantitative estimate of drug-likeness (QED) is 0.631. The number of benzene rings is 2. The van der Waals surface area contributed by atoms with Crippen LogP contribution in [-0.4, -0.2) is 35.7 Å². The van der Waals surface area contributed by atoms with Gasteiger partial charge in [-0.2, -0.15) is 0 Å². The molecule has 2 aromatic carbocycles. The number of methoxy groups -OCH3 is 1. The molecule has 1 aliphatic carbocycles. The number of aryl methyl sites for hydroxylation is 1. The van der Waals surface area contributed by atoms with Crippen LogP contribution in [0.2, 0.25) is 0 Å². The van der Waals surface area contributed by atoms with E-state index < -0.39 is 5.91 Å². The summed E-state index contributed by atoms with van der Waals surface area (Å²) in [5, 5.41) is 13.9. The van der Waals surface area contributed by atoms with Gasteiger partial charge in [0.15, 0.2) is 0 Å². The Morgan fingerprint density at radius 3 is 2.64 bits per heavy atom. The molecule has 1 aliphatic heterocycles. The van der Waals surface area contributed by atoms with Crippen LogP contribution in [0.4, 0.5) is 0 Å². The molecule has 146 valence electrons. The highest BCUT2D eigenvalue weighted by molar-refractivity contribution is 5.94. The fourth-order valence-corrected chi connectivity index (χ4v) is 4.24. The van der Waals surface area contributed by atoms with Crippen molar-refractivity contribution in [2.24, 2.45) is 5.41 Å². The van der Waals surface area contributed by atoms with E-state index >= 15 is 0 Å².